The lowest BCUT2D eigenvalue weighted by Crippen LogP contribution is -2.09. The molecule has 0 aromatic heterocycles. The number of methoxy groups -OCH3 is 1. The van der Waals surface area contributed by atoms with Crippen molar-refractivity contribution >= 4 is 28.5 Å². The molecule has 3 heteroatoms. The molecule has 1 aliphatic heterocycles. The Kier molecular flexibility index (Phi) is 3.29. The number of nitrogens with zero attached hydrogens (tertiary/aromatic N) is 1. The van der Waals surface area contributed by atoms with Gasteiger partial charge in [-0.2, -0.15) is 0 Å². The molecule has 2 rings (SSSR count). The number of halogens is 1. The van der Waals surface area contributed by atoms with Gasteiger partial charge in [-0.25, -0.2) is 4.99 Å². The van der Waals surface area contributed by atoms with Crippen LogP contribution in [-0.2, 0) is 4.74 Å². The first-order valence-electron chi connectivity index (χ1n) is 5.03. The van der Waals surface area contributed by atoms with Crippen molar-refractivity contribution in [1.29, 1.82) is 0 Å². The molecule has 0 saturated carbocycles. The van der Waals surface area contributed by atoms with Crippen molar-refractivity contribution in [3.63, 3.8) is 0 Å². The summed E-state index contributed by atoms with van der Waals surface area (Å²) < 4.78 is 5.66. The molecule has 0 amide bonds. The molecular weight excluding hydrogens is 301 g/mol. The predicted molar refractivity (Wildman–Crippen MR) is 70.8 cm³/mol. The zero-order valence-corrected chi connectivity index (χ0v) is 11.1. The average molecular weight is 315 g/mol. The summed E-state index contributed by atoms with van der Waals surface area (Å²) in [4.78, 5) is 4.57. The lowest BCUT2D eigenvalue weighted by Gasteiger charge is -2.06. The minimum atomic E-state index is 0.280. The minimum Gasteiger partial charge on any atom is -0.484 e. The van der Waals surface area contributed by atoms with Crippen LogP contribution in [0, 0.1) is 6.92 Å². The Morgan fingerprint density at radius 2 is 2.00 bits per heavy atom. The van der Waals surface area contributed by atoms with Crippen LogP contribution in [0.2, 0.25) is 0 Å². The molecule has 0 fully saturated rings. The summed E-state index contributed by atoms with van der Waals surface area (Å²) >= 11 is 2.39. The van der Waals surface area contributed by atoms with Gasteiger partial charge >= 0.3 is 0 Å². The molecule has 0 N–H and O–H groups in total. The summed E-state index contributed by atoms with van der Waals surface area (Å²) in [6, 6.07) is 8.87. The van der Waals surface area contributed by atoms with Crippen molar-refractivity contribution in [2.45, 2.75) is 23.3 Å². The van der Waals surface area contributed by atoms with E-state index in [4.69, 9.17) is 4.74 Å². The zero-order valence-electron chi connectivity index (χ0n) is 8.90. The molecule has 0 saturated heterocycles. The molecule has 2 atom stereocenters. The van der Waals surface area contributed by atoms with Crippen LogP contribution in [0.25, 0.3) is 0 Å². The van der Waals surface area contributed by atoms with E-state index in [-0.39, 0.29) is 6.04 Å². The molecule has 0 radical (unpaired) electrons. The standard InChI is InChI=1S/C12H14INO/c1-8-3-5-9(6-4-8)11-7-10(13)12(14-11)15-2/h3-6,10-11H,7H2,1-2H3. The fraction of sp³-hybridized carbons (Fsp3) is 0.417. The van der Waals surface area contributed by atoms with Crippen LogP contribution >= 0.6 is 22.6 Å². The molecule has 2 nitrogen and oxygen atoms in total. The van der Waals surface area contributed by atoms with Crippen LogP contribution in [0.5, 0.6) is 0 Å². The second-order valence-electron chi connectivity index (χ2n) is 3.80. The van der Waals surface area contributed by atoms with Gasteiger partial charge in [0.1, 0.15) is 0 Å². The normalized spacial score (nSPS) is 25.1. The van der Waals surface area contributed by atoms with Crippen LogP contribution in [0.1, 0.15) is 23.6 Å². The Hall–Kier alpha value is -0.580. The maximum atomic E-state index is 5.24. The Morgan fingerprint density at radius 1 is 1.33 bits per heavy atom. The van der Waals surface area contributed by atoms with Gasteiger partial charge in [0.05, 0.1) is 17.1 Å². The average Bonchev–Trinajstić information content (AvgIpc) is 2.61. The Morgan fingerprint density at radius 3 is 2.53 bits per heavy atom. The molecule has 1 heterocycles. The van der Waals surface area contributed by atoms with Gasteiger partial charge in [0.25, 0.3) is 0 Å². The highest BCUT2D eigenvalue weighted by molar-refractivity contribution is 14.1. The number of alkyl halides is 1. The third kappa shape index (κ3) is 2.33. The second kappa shape index (κ2) is 4.51. The van der Waals surface area contributed by atoms with E-state index in [9.17, 15) is 0 Å². The molecule has 0 spiro atoms. The molecule has 15 heavy (non-hydrogen) atoms. The third-order valence-electron chi connectivity index (χ3n) is 2.65. The molecule has 1 aromatic rings. The SMILES string of the molecule is COC1=NC(c2ccc(C)cc2)CC1I. The van der Waals surface area contributed by atoms with E-state index in [1.165, 1.54) is 11.1 Å². The van der Waals surface area contributed by atoms with Gasteiger partial charge < -0.3 is 4.74 Å². The highest BCUT2D eigenvalue weighted by atomic mass is 127. The van der Waals surface area contributed by atoms with Crippen molar-refractivity contribution in [2.24, 2.45) is 4.99 Å². The van der Waals surface area contributed by atoms with Crippen LogP contribution in [-0.4, -0.2) is 16.9 Å². The van der Waals surface area contributed by atoms with Gasteiger partial charge in [-0.1, -0.05) is 52.4 Å². The van der Waals surface area contributed by atoms with Gasteiger partial charge in [-0.3, -0.25) is 0 Å². The minimum absolute atomic E-state index is 0.280. The van der Waals surface area contributed by atoms with E-state index >= 15 is 0 Å². The number of rotatable bonds is 1. The largest absolute Gasteiger partial charge is 0.484 e. The molecular formula is C12H14INO. The Balaban J connectivity index is 2.20. The summed E-state index contributed by atoms with van der Waals surface area (Å²) in [6.45, 7) is 2.10. The smallest absolute Gasteiger partial charge is 0.196 e. The van der Waals surface area contributed by atoms with Gasteiger partial charge in [-0.15, -0.1) is 0 Å². The highest BCUT2D eigenvalue weighted by Crippen LogP contribution is 2.33. The van der Waals surface area contributed by atoms with Crippen LogP contribution < -0.4 is 0 Å². The maximum Gasteiger partial charge on any atom is 0.196 e. The molecule has 80 valence electrons. The summed E-state index contributed by atoms with van der Waals surface area (Å²) in [5.41, 5.74) is 2.58. The van der Waals surface area contributed by atoms with Crippen LogP contribution in [0.3, 0.4) is 0 Å². The quantitative estimate of drug-likeness (QED) is 0.576. The van der Waals surface area contributed by atoms with Gasteiger partial charge in [0, 0.05) is 0 Å². The number of hydrogen-bond donors (Lipinski definition) is 0. The van der Waals surface area contributed by atoms with Crippen molar-refractivity contribution < 1.29 is 4.74 Å². The summed E-state index contributed by atoms with van der Waals surface area (Å²) in [7, 11) is 1.70. The topological polar surface area (TPSA) is 21.6 Å². The molecule has 1 aliphatic rings. The van der Waals surface area contributed by atoms with Gasteiger partial charge in [0.15, 0.2) is 5.90 Å². The molecule has 1 aromatic carbocycles. The number of hydrogen-bond acceptors (Lipinski definition) is 2. The zero-order chi connectivity index (χ0) is 10.8. The van der Waals surface area contributed by atoms with Crippen molar-refractivity contribution in [1.82, 2.24) is 0 Å². The van der Waals surface area contributed by atoms with Crippen molar-refractivity contribution in [3.05, 3.63) is 35.4 Å². The second-order valence-corrected chi connectivity index (χ2v) is 5.30. The van der Waals surface area contributed by atoms with E-state index in [1.807, 2.05) is 0 Å². The third-order valence-corrected chi connectivity index (χ3v) is 3.69. The monoisotopic (exact) mass is 315 g/mol. The van der Waals surface area contributed by atoms with Crippen molar-refractivity contribution in [2.75, 3.05) is 7.11 Å². The number of benzene rings is 1. The Bertz CT molecular complexity index is 372. The van der Waals surface area contributed by atoms with Crippen molar-refractivity contribution in [3.8, 4) is 0 Å². The van der Waals surface area contributed by atoms with Gasteiger partial charge in [0.2, 0.25) is 0 Å². The number of aliphatic imine (C=N–C) groups is 1. The number of aryl methyl sites for hydroxylation is 1. The van der Waals surface area contributed by atoms with Gasteiger partial charge in [-0.05, 0) is 18.9 Å². The van der Waals surface area contributed by atoms with E-state index in [2.05, 4.69) is 58.8 Å². The number of ether oxygens (including phenoxy) is 1. The lowest BCUT2D eigenvalue weighted by atomic mass is 10.0. The van der Waals surface area contributed by atoms with E-state index < -0.39 is 0 Å². The molecule has 2 unspecified atom stereocenters. The molecule has 0 aliphatic carbocycles. The predicted octanol–water partition coefficient (Wildman–Crippen LogP) is 3.29. The summed E-state index contributed by atoms with van der Waals surface area (Å²) in [5.74, 6) is 0.876. The summed E-state index contributed by atoms with van der Waals surface area (Å²) in [6.07, 6.45) is 1.05. The first-order valence-corrected chi connectivity index (χ1v) is 6.27. The van der Waals surface area contributed by atoms with E-state index in [0.717, 1.165) is 12.3 Å². The first kappa shape index (κ1) is 10.9. The van der Waals surface area contributed by atoms with E-state index in [0.29, 0.717) is 3.92 Å². The fourth-order valence-electron chi connectivity index (χ4n) is 1.76. The fourth-order valence-corrected chi connectivity index (χ4v) is 2.66. The van der Waals surface area contributed by atoms with Crippen LogP contribution in [0.4, 0.5) is 0 Å². The summed E-state index contributed by atoms with van der Waals surface area (Å²) in [5, 5.41) is 0. The van der Waals surface area contributed by atoms with E-state index in [1.54, 1.807) is 7.11 Å². The Labute approximate surface area is 104 Å². The first-order chi connectivity index (χ1) is 7.20. The lowest BCUT2D eigenvalue weighted by molar-refractivity contribution is 0.397. The maximum absolute atomic E-state index is 5.24. The van der Waals surface area contributed by atoms with Crippen LogP contribution in [0.15, 0.2) is 29.3 Å². The molecule has 0 bridgehead atoms. The highest BCUT2D eigenvalue weighted by Gasteiger charge is 2.27.